The van der Waals surface area contributed by atoms with Crippen LogP contribution in [0.4, 0.5) is 22.9 Å². The molecule has 24 N–H and O–H groups in total. The van der Waals surface area contributed by atoms with Gasteiger partial charge < -0.3 is 93.1 Å². The number of nitrogens with one attached hydrogen (secondary N) is 5. The molecule has 6 atom stereocenters. The van der Waals surface area contributed by atoms with E-state index in [-0.39, 0.29) is 5.56 Å². The molecule has 6 amide bonds. The number of aliphatic imine (C=N–C) groups is 4. The van der Waals surface area contributed by atoms with E-state index < -0.39 is 130 Å². The molecule has 2 aromatic carbocycles. The van der Waals surface area contributed by atoms with Gasteiger partial charge in [0, 0.05) is 26.3 Å². The molecule has 3 rings (SSSR count). The van der Waals surface area contributed by atoms with Crippen molar-refractivity contribution in [3.63, 3.8) is 0 Å². The fourth-order valence-electron chi connectivity index (χ4n) is 5.77. The predicted octanol–water partition coefficient (Wildman–Crippen LogP) is -6.99. The number of carbonyl (C=O) groups is 6. The zero-order valence-electron chi connectivity index (χ0n) is 37.9. The minimum atomic E-state index is -2.44. The lowest BCUT2D eigenvalue weighted by molar-refractivity contribution is -0.394. The Morgan fingerprint density at radius 2 is 1.11 bits per heavy atom. The first-order valence-electron chi connectivity index (χ1n) is 20.2. The lowest BCUT2D eigenvalue weighted by Gasteiger charge is -2.29. The quantitative estimate of drug-likeness (QED) is 0.0130. The van der Waals surface area contributed by atoms with E-state index in [2.05, 4.69) is 35.6 Å². The van der Waals surface area contributed by atoms with E-state index in [1.54, 1.807) is 30.3 Å². The Morgan fingerprint density at radius 3 is 1.54 bits per heavy atom. The molecule has 384 valence electrons. The van der Waals surface area contributed by atoms with E-state index in [1.807, 2.05) is 34.9 Å². The number of aromatic nitrogens is 1. The second-order valence-corrected chi connectivity index (χ2v) is 14.6. The number of amides is 6. The van der Waals surface area contributed by atoms with Crippen LogP contribution in [0.1, 0.15) is 17.2 Å². The van der Waals surface area contributed by atoms with Gasteiger partial charge >= 0.3 is 5.69 Å². The molecule has 0 aliphatic rings. The smallest absolute Gasteiger partial charge is 0.318 e. The van der Waals surface area contributed by atoms with Crippen molar-refractivity contribution in [2.24, 2.45) is 71.6 Å². The lowest BCUT2D eigenvalue weighted by Crippen LogP contribution is -2.58. The van der Waals surface area contributed by atoms with Crippen molar-refractivity contribution in [2.45, 2.75) is 36.9 Å². The van der Waals surface area contributed by atoms with Crippen molar-refractivity contribution in [3.8, 4) is 0 Å². The molecule has 0 spiro atoms. The highest BCUT2D eigenvalue weighted by molar-refractivity contribution is 5.99. The summed E-state index contributed by atoms with van der Waals surface area (Å²) in [5.41, 5.74) is 48.4. The van der Waals surface area contributed by atoms with Crippen LogP contribution < -0.4 is 88.0 Å². The fraction of sp³-hybridized carbons (Fsp3) is 0.237. The van der Waals surface area contributed by atoms with Crippen molar-refractivity contribution < 1.29 is 43.7 Å². The molecule has 6 unspecified atom stereocenters. The molecular formula is C38H51N23O11. The number of nitro groups is 2. The number of carbonyl (C=O) groups excluding carboxylic acids is 6. The zero-order valence-corrected chi connectivity index (χ0v) is 37.9. The highest BCUT2D eigenvalue weighted by Gasteiger charge is 2.36. The van der Waals surface area contributed by atoms with Gasteiger partial charge in [-0.05, 0) is 23.3 Å². The third-order valence-corrected chi connectivity index (χ3v) is 8.99. The number of nitrogens with zero attached hydrogens (tertiary/aromatic N) is 9. The highest BCUT2D eigenvalue weighted by Crippen LogP contribution is 2.31. The Hall–Kier alpha value is -10.4. The van der Waals surface area contributed by atoms with Crippen LogP contribution in [-0.4, -0.2) is 131 Å². The number of aliphatic hydroxyl groups is 1. The molecule has 0 fully saturated rings. The average molecular weight is 1010 g/mol. The summed E-state index contributed by atoms with van der Waals surface area (Å²) in [7, 11) is 3.65. The first kappa shape index (κ1) is 55.9. The highest BCUT2D eigenvalue weighted by atomic mass is 16.6. The van der Waals surface area contributed by atoms with Crippen LogP contribution >= 0.6 is 0 Å². The van der Waals surface area contributed by atoms with E-state index >= 15 is 0 Å². The number of nitrogens with two attached hydrogens (primary N) is 9. The molecule has 72 heavy (non-hydrogen) atoms. The first-order chi connectivity index (χ1) is 33.8. The summed E-state index contributed by atoms with van der Waals surface area (Å²) in [5.74, 6) is -12.1. The lowest BCUT2D eigenvalue weighted by atomic mass is 10.1. The molecule has 0 aliphatic heterocycles. The average Bonchev–Trinajstić information content (AvgIpc) is 3.30. The van der Waals surface area contributed by atoms with Gasteiger partial charge in [0.1, 0.15) is 12.2 Å². The Bertz CT molecular complexity index is 2650. The van der Waals surface area contributed by atoms with Crippen molar-refractivity contribution in [2.75, 3.05) is 30.4 Å². The Labute approximate surface area is 406 Å². The van der Waals surface area contributed by atoms with Gasteiger partial charge in [-0.25, -0.2) is 25.0 Å². The van der Waals surface area contributed by atoms with Gasteiger partial charge in [-0.3, -0.25) is 49.0 Å². The number of pyridine rings is 1. The van der Waals surface area contributed by atoms with Gasteiger partial charge in [0.2, 0.25) is 42.6 Å². The van der Waals surface area contributed by atoms with Crippen LogP contribution in [-0.2, 0) is 28.8 Å². The molecule has 1 heterocycles. The molecule has 0 bridgehead atoms. The Kier molecular flexibility index (Phi) is 19.9. The van der Waals surface area contributed by atoms with Crippen LogP contribution in [0.15, 0.2) is 92.9 Å². The SMILES string of the molecule is CN(C)c1ccc(/C=C\CN(c2ncc([N+](=O)[O-])cc2[N+](=O)[O-])C(O)C(=O)NC(C(=O)NC(N=C(N)N)C(=O)NC(N=C(N)N)C(=O)NC(N=C(N)N)C(=O)NC(N=C(N)N)C(N)=O)c2ccccc2)cc1. The molecule has 1 aromatic heterocycles. The fourth-order valence-corrected chi connectivity index (χ4v) is 5.77. The maximum absolute atomic E-state index is 14.2. The summed E-state index contributed by atoms with van der Waals surface area (Å²) in [6.07, 6.45) is -7.29. The van der Waals surface area contributed by atoms with E-state index in [0.29, 0.717) is 22.7 Å². The number of anilines is 2. The number of primary amides is 1. The normalized spacial score (nSPS) is 13.1. The van der Waals surface area contributed by atoms with Crippen molar-refractivity contribution in [1.29, 1.82) is 0 Å². The second kappa shape index (κ2) is 25.6. The molecular weight excluding hydrogens is 955 g/mol. The monoisotopic (exact) mass is 1010 g/mol. The van der Waals surface area contributed by atoms with Gasteiger partial charge in [-0.2, -0.15) is 0 Å². The largest absolute Gasteiger partial charge is 0.378 e. The summed E-state index contributed by atoms with van der Waals surface area (Å²) in [4.78, 5) is 123. The van der Waals surface area contributed by atoms with Crippen molar-refractivity contribution in [3.05, 3.63) is 104 Å². The minimum absolute atomic E-state index is 0.00769. The summed E-state index contributed by atoms with van der Waals surface area (Å²) in [6, 6.07) is 12.8. The predicted molar refractivity (Wildman–Crippen MR) is 258 cm³/mol. The van der Waals surface area contributed by atoms with E-state index in [1.165, 1.54) is 36.4 Å². The Balaban J connectivity index is 2.01. The minimum Gasteiger partial charge on any atom is -0.378 e. The van der Waals surface area contributed by atoms with Crippen LogP contribution in [0.3, 0.4) is 0 Å². The van der Waals surface area contributed by atoms with Gasteiger partial charge in [-0.15, -0.1) is 0 Å². The van der Waals surface area contributed by atoms with E-state index in [0.717, 1.165) is 5.69 Å². The van der Waals surface area contributed by atoms with Crippen LogP contribution in [0, 0.1) is 20.2 Å². The molecule has 0 aliphatic carbocycles. The first-order valence-corrected chi connectivity index (χ1v) is 20.2. The maximum Gasteiger partial charge on any atom is 0.318 e. The molecule has 0 radical (unpaired) electrons. The van der Waals surface area contributed by atoms with Crippen LogP contribution in [0.2, 0.25) is 0 Å². The summed E-state index contributed by atoms with van der Waals surface area (Å²) >= 11 is 0. The maximum atomic E-state index is 14.2. The summed E-state index contributed by atoms with van der Waals surface area (Å²) in [6.45, 7) is -0.502. The van der Waals surface area contributed by atoms with Crippen molar-refractivity contribution >= 4 is 88.2 Å². The third kappa shape index (κ3) is 16.7. The summed E-state index contributed by atoms with van der Waals surface area (Å²) < 4.78 is 0. The topological polar surface area (TPSA) is 572 Å². The van der Waals surface area contributed by atoms with E-state index in [4.69, 9.17) is 51.6 Å². The van der Waals surface area contributed by atoms with Crippen molar-refractivity contribution in [1.82, 2.24) is 31.6 Å². The van der Waals surface area contributed by atoms with Gasteiger partial charge in [0.15, 0.2) is 23.8 Å². The number of guanidine groups is 4. The molecule has 0 saturated carbocycles. The number of hydrogen-bond donors (Lipinski definition) is 15. The number of hydrogen-bond acceptors (Lipinski definition) is 18. The zero-order chi connectivity index (χ0) is 54.0. The van der Waals surface area contributed by atoms with Gasteiger partial charge in [0.25, 0.3) is 35.2 Å². The van der Waals surface area contributed by atoms with E-state index in [9.17, 15) is 54.1 Å². The Morgan fingerprint density at radius 1 is 0.653 bits per heavy atom. The summed E-state index contributed by atoms with van der Waals surface area (Å²) in [5, 5.41) is 45.8. The number of rotatable bonds is 24. The number of aliphatic hydroxyl groups excluding tert-OH is 1. The molecule has 34 nitrogen and oxygen atoms in total. The standard InChI is InChI=1S/C38H51N23O11/c1-58(2)19-12-10-17(11-13-19)7-6-14-59(28-21(61(71)72)15-20(16-48-28)60(69)70)34(68)33(67)49-22(18-8-4-3-5-9-18)29(63)51-25(55-36(42)43)31(65)53-27(57-38(46)47)32(66)52-26(56-37(44)45)30(64)50-24(23(39)62)54-35(40)41/h3-13,15-16,22,24-27,34,68H,14H2,1-2H3,(H2,39,62)(H,49,67)(H,50,64)(H,51,63)(H,52,66)(H,53,65)(H4,40,41,54)(H4,42,43,55)(H4,44,45,56)(H4,46,47,57)/b7-6-. The molecule has 0 saturated heterocycles. The molecule has 3 aromatic rings. The van der Waals surface area contributed by atoms with Crippen LogP contribution in [0.5, 0.6) is 0 Å². The van der Waals surface area contributed by atoms with Crippen LogP contribution in [0.25, 0.3) is 6.08 Å². The second-order valence-electron chi connectivity index (χ2n) is 14.6. The number of benzene rings is 2. The third-order valence-electron chi connectivity index (χ3n) is 8.99. The van der Waals surface area contributed by atoms with Gasteiger partial charge in [0.05, 0.1) is 15.9 Å². The van der Waals surface area contributed by atoms with Gasteiger partial charge in [-0.1, -0.05) is 54.6 Å². The molecule has 34 heteroatoms.